The highest BCUT2D eigenvalue weighted by Gasteiger charge is 2.28. The number of aromatic nitrogens is 1. The largest absolute Gasteiger partial charge is 0.455 e. The number of hydrogen-bond donors (Lipinski definition) is 2. The third kappa shape index (κ3) is 3.86. The van der Waals surface area contributed by atoms with Crippen molar-refractivity contribution in [3.63, 3.8) is 0 Å². The summed E-state index contributed by atoms with van der Waals surface area (Å²) in [5, 5.41) is 7.52. The normalized spacial score (nSPS) is 14.6. The summed E-state index contributed by atoms with van der Waals surface area (Å²) >= 11 is 1.41. The Morgan fingerprint density at radius 2 is 2.14 bits per heavy atom. The van der Waals surface area contributed by atoms with Crippen LogP contribution in [0, 0.1) is 6.92 Å². The number of aryl methyl sites for hydroxylation is 1. The van der Waals surface area contributed by atoms with Crippen molar-refractivity contribution in [2.75, 3.05) is 11.9 Å². The minimum Gasteiger partial charge on any atom is -0.455 e. The number of benzene rings is 1. The number of hydrazone groups is 1. The van der Waals surface area contributed by atoms with Crippen molar-refractivity contribution in [1.29, 1.82) is 0 Å². The maximum absolute atomic E-state index is 12.8. The number of anilines is 1. The predicted molar refractivity (Wildman–Crippen MR) is 111 cm³/mol. The number of nitrogens with one attached hydrogen (secondary N) is 2. The highest BCUT2D eigenvalue weighted by Crippen LogP contribution is 2.31. The second kappa shape index (κ2) is 8.04. The standard InChI is InChI=1S/C20H20N4O4S/c1-3-27-20(26)24-23-13-8-6-9-14-16(13)11(2)17(28-14)18(25)22-19-21-12-7-4-5-10-15(12)29-19/h4-5,7,10H,3,6,8-9H2,1-2H3,(H,24,26)(H,21,22,25)/b23-13+. The van der Waals surface area contributed by atoms with Gasteiger partial charge in [-0.25, -0.2) is 15.2 Å². The van der Waals surface area contributed by atoms with E-state index in [9.17, 15) is 9.59 Å². The second-order valence-electron chi connectivity index (χ2n) is 6.54. The van der Waals surface area contributed by atoms with Crippen molar-refractivity contribution in [1.82, 2.24) is 10.4 Å². The molecular formula is C20H20N4O4S. The number of para-hydroxylation sites is 1. The van der Waals surface area contributed by atoms with Gasteiger partial charge >= 0.3 is 6.09 Å². The molecule has 1 aromatic carbocycles. The Kier molecular flexibility index (Phi) is 5.30. The van der Waals surface area contributed by atoms with Crippen molar-refractivity contribution < 1.29 is 18.7 Å². The third-order valence-corrected chi connectivity index (χ3v) is 5.56. The van der Waals surface area contributed by atoms with E-state index in [4.69, 9.17) is 9.15 Å². The molecular weight excluding hydrogens is 392 g/mol. The molecule has 2 N–H and O–H groups in total. The first-order chi connectivity index (χ1) is 14.1. The van der Waals surface area contributed by atoms with Gasteiger partial charge in [0.15, 0.2) is 10.9 Å². The third-order valence-electron chi connectivity index (χ3n) is 4.60. The fourth-order valence-electron chi connectivity index (χ4n) is 3.35. The molecule has 4 rings (SSSR count). The van der Waals surface area contributed by atoms with Crippen LogP contribution in [0.1, 0.15) is 47.2 Å². The fourth-order valence-corrected chi connectivity index (χ4v) is 4.21. The summed E-state index contributed by atoms with van der Waals surface area (Å²) in [5.41, 5.74) is 5.38. The number of fused-ring (bicyclic) bond motifs is 2. The van der Waals surface area contributed by atoms with E-state index in [2.05, 4.69) is 20.8 Å². The lowest BCUT2D eigenvalue weighted by Crippen LogP contribution is -2.22. The summed E-state index contributed by atoms with van der Waals surface area (Å²) in [5.74, 6) is 0.584. The zero-order valence-corrected chi connectivity index (χ0v) is 16.9. The van der Waals surface area contributed by atoms with E-state index >= 15 is 0 Å². The zero-order valence-electron chi connectivity index (χ0n) is 16.1. The lowest BCUT2D eigenvalue weighted by atomic mass is 9.93. The first-order valence-corrected chi connectivity index (χ1v) is 10.2. The maximum Gasteiger partial charge on any atom is 0.427 e. The van der Waals surface area contributed by atoms with Crippen molar-refractivity contribution in [3.8, 4) is 0 Å². The number of thiazole rings is 1. The fraction of sp³-hybridized carbons (Fsp3) is 0.300. The summed E-state index contributed by atoms with van der Waals surface area (Å²) in [4.78, 5) is 28.8. The van der Waals surface area contributed by atoms with Gasteiger partial charge in [0.05, 0.1) is 22.5 Å². The number of amides is 2. The highest BCUT2D eigenvalue weighted by molar-refractivity contribution is 7.22. The molecule has 0 saturated carbocycles. The lowest BCUT2D eigenvalue weighted by molar-refractivity contribution is 0.0994. The number of nitrogens with zero attached hydrogens (tertiary/aromatic N) is 2. The molecule has 0 unspecified atom stereocenters. The van der Waals surface area contributed by atoms with Crippen LogP contribution in [-0.2, 0) is 11.2 Å². The molecule has 0 spiro atoms. The molecule has 2 aromatic heterocycles. The Labute approximate surface area is 171 Å². The first-order valence-electron chi connectivity index (χ1n) is 9.35. The average molecular weight is 412 g/mol. The van der Waals surface area contributed by atoms with Crippen LogP contribution in [0.15, 0.2) is 33.8 Å². The van der Waals surface area contributed by atoms with Gasteiger partial charge in [0, 0.05) is 17.5 Å². The molecule has 8 nitrogen and oxygen atoms in total. The van der Waals surface area contributed by atoms with Crippen molar-refractivity contribution in [2.24, 2.45) is 5.10 Å². The first kappa shape index (κ1) is 19.1. The Hall–Kier alpha value is -3.20. The Balaban J connectivity index is 1.58. The highest BCUT2D eigenvalue weighted by atomic mass is 32.1. The van der Waals surface area contributed by atoms with Gasteiger partial charge in [0.25, 0.3) is 5.91 Å². The van der Waals surface area contributed by atoms with Crippen LogP contribution >= 0.6 is 11.3 Å². The molecule has 0 fully saturated rings. The van der Waals surface area contributed by atoms with Gasteiger partial charge in [-0.1, -0.05) is 23.5 Å². The second-order valence-corrected chi connectivity index (χ2v) is 7.57. The van der Waals surface area contributed by atoms with Crippen LogP contribution in [0.25, 0.3) is 10.2 Å². The predicted octanol–water partition coefficient (Wildman–Crippen LogP) is 4.24. The van der Waals surface area contributed by atoms with Crippen molar-refractivity contribution in [3.05, 3.63) is 46.9 Å². The van der Waals surface area contributed by atoms with Crippen molar-refractivity contribution >= 4 is 44.4 Å². The van der Waals surface area contributed by atoms with E-state index in [1.807, 2.05) is 31.2 Å². The number of hydrogen-bond acceptors (Lipinski definition) is 7. The summed E-state index contributed by atoms with van der Waals surface area (Å²) in [6, 6.07) is 7.70. The Morgan fingerprint density at radius 3 is 2.93 bits per heavy atom. The van der Waals surface area contributed by atoms with Gasteiger partial charge in [-0.15, -0.1) is 0 Å². The smallest absolute Gasteiger partial charge is 0.427 e. The number of furan rings is 1. The average Bonchev–Trinajstić information content (AvgIpc) is 3.27. The minimum absolute atomic E-state index is 0.236. The summed E-state index contributed by atoms with van der Waals surface area (Å²) in [6.45, 7) is 3.81. The maximum atomic E-state index is 12.8. The number of carbonyl (C=O) groups is 2. The topological polar surface area (TPSA) is 106 Å². The van der Waals surface area contributed by atoms with Crippen LogP contribution in [0.3, 0.4) is 0 Å². The van der Waals surface area contributed by atoms with Gasteiger partial charge in [0.2, 0.25) is 0 Å². The van der Waals surface area contributed by atoms with Crippen LogP contribution in [0.4, 0.5) is 9.93 Å². The van der Waals surface area contributed by atoms with Crippen LogP contribution in [-0.4, -0.2) is 29.3 Å². The number of carbonyl (C=O) groups excluding carboxylic acids is 2. The van der Waals surface area contributed by atoms with Crippen molar-refractivity contribution in [2.45, 2.75) is 33.1 Å². The molecule has 150 valence electrons. The number of rotatable bonds is 4. The van der Waals surface area contributed by atoms with Crippen LogP contribution < -0.4 is 10.7 Å². The summed E-state index contributed by atoms with van der Waals surface area (Å²) < 4.78 is 11.7. The monoisotopic (exact) mass is 412 g/mol. The summed E-state index contributed by atoms with van der Waals surface area (Å²) in [7, 11) is 0. The molecule has 29 heavy (non-hydrogen) atoms. The minimum atomic E-state index is -0.609. The molecule has 1 aliphatic rings. The van der Waals surface area contributed by atoms with E-state index in [1.54, 1.807) is 6.92 Å². The van der Waals surface area contributed by atoms with Gasteiger partial charge in [-0.3, -0.25) is 10.1 Å². The van der Waals surface area contributed by atoms with Crippen LogP contribution in [0.2, 0.25) is 0 Å². The Bertz CT molecular complexity index is 1080. The molecule has 0 aliphatic heterocycles. The molecule has 2 amide bonds. The van der Waals surface area contributed by atoms with E-state index in [1.165, 1.54) is 11.3 Å². The molecule has 0 bridgehead atoms. The summed E-state index contributed by atoms with van der Waals surface area (Å²) in [6.07, 6.45) is 1.60. The van der Waals surface area contributed by atoms with Gasteiger partial charge in [-0.2, -0.15) is 5.10 Å². The lowest BCUT2D eigenvalue weighted by Gasteiger charge is -2.13. The molecule has 0 radical (unpaired) electrons. The molecule has 2 heterocycles. The van der Waals surface area contributed by atoms with Gasteiger partial charge in [0.1, 0.15) is 5.76 Å². The molecule has 1 aliphatic carbocycles. The van der Waals surface area contributed by atoms with E-state index in [0.717, 1.165) is 22.2 Å². The SMILES string of the molecule is CCOC(=O)N/N=C1\CCCc2oc(C(=O)Nc3nc4ccccc4s3)c(C)c21. The van der Waals surface area contributed by atoms with Gasteiger partial charge in [-0.05, 0) is 38.8 Å². The molecule has 9 heteroatoms. The zero-order chi connectivity index (χ0) is 20.4. The quantitative estimate of drug-likeness (QED) is 0.624. The van der Waals surface area contributed by atoms with Gasteiger partial charge < -0.3 is 9.15 Å². The van der Waals surface area contributed by atoms with E-state index in [-0.39, 0.29) is 18.3 Å². The molecule has 0 atom stereocenters. The van der Waals surface area contributed by atoms with E-state index < -0.39 is 6.09 Å². The Morgan fingerprint density at radius 1 is 1.31 bits per heavy atom. The number of ether oxygens (including phenoxy) is 1. The van der Waals surface area contributed by atoms with Crippen LogP contribution in [0.5, 0.6) is 0 Å². The van der Waals surface area contributed by atoms with E-state index in [0.29, 0.717) is 35.0 Å². The molecule has 0 saturated heterocycles. The molecule has 3 aromatic rings.